The first-order chi connectivity index (χ1) is 10.1. The smallest absolute Gasteiger partial charge is 0.331 e. The molecule has 2 unspecified atom stereocenters. The Morgan fingerprint density at radius 3 is 2.48 bits per heavy atom. The van der Waals surface area contributed by atoms with E-state index in [0.29, 0.717) is 12.0 Å². The molecule has 2 atom stereocenters. The molecule has 116 valence electrons. The monoisotopic (exact) mass is 293 g/mol. The number of ether oxygens (including phenoxy) is 1. The third kappa shape index (κ3) is 5.55. The lowest BCUT2D eigenvalue weighted by Crippen LogP contribution is -2.45. The van der Waals surface area contributed by atoms with Crippen LogP contribution in [-0.2, 0) is 14.3 Å². The van der Waals surface area contributed by atoms with Gasteiger partial charge in [0.05, 0.1) is 6.61 Å². The lowest BCUT2D eigenvalue weighted by Gasteiger charge is -2.22. The number of amides is 1. The lowest BCUT2D eigenvalue weighted by atomic mass is 10.0. The molecule has 0 spiro atoms. The zero-order valence-corrected chi connectivity index (χ0v) is 12.5. The summed E-state index contributed by atoms with van der Waals surface area (Å²) in [6.45, 7) is 3.86. The van der Waals surface area contributed by atoms with Gasteiger partial charge in [-0.15, -0.1) is 0 Å². The SMILES string of the molecule is CCCCC(=O)NC(C(=O)OCC)C(O)c1ccccc1. The summed E-state index contributed by atoms with van der Waals surface area (Å²) < 4.78 is 4.94. The molecule has 0 saturated carbocycles. The molecule has 0 bridgehead atoms. The Balaban J connectivity index is 2.81. The number of carbonyl (C=O) groups excluding carboxylic acids is 2. The minimum Gasteiger partial charge on any atom is -0.464 e. The molecule has 0 aliphatic rings. The molecule has 5 nitrogen and oxygen atoms in total. The fourth-order valence-corrected chi connectivity index (χ4v) is 1.92. The number of aliphatic hydroxyl groups excluding tert-OH is 1. The molecular weight excluding hydrogens is 270 g/mol. The summed E-state index contributed by atoms with van der Waals surface area (Å²) in [7, 11) is 0. The number of unbranched alkanes of at least 4 members (excludes halogenated alkanes) is 1. The second-order valence-corrected chi connectivity index (χ2v) is 4.76. The topological polar surface area (TPSA) is 75.6 Å². The van der Waals surface area contributed by atoms with E-state index in [0.717, 1.165) is 12.8 Å². The average Bonchev–Trinajstić information content (AvgIpc) is 2.51. The van der Waals surface area contributed by atoms with E-state index in [9.17, 15) is 14.7 Å². The van der Waals surface area contributed by atoms with Gasteiger partial charge in [0.2, 0.25) is 5.91 Å². The molecule has 1 rings (SSSR count). The van der Waals surface area contributed by atoms with Gasteiger partial charge in [-0.3, -0.25) is 4.79 Å². The van der Waals surface area contributed by atoms with Crippen LogP contribution in [0, 0.1) is 0 Å². The molecule has 21 heavy (non-hydrogen) atoms. The van der Waals surface area contributed by atoms with Crippen molar-refractivity contribution < 1.29 is 19.4 Å². The molecule has 5 heteroatoms. The largest absolute Gasteiger partial charge is 0.464 e. The van der Waals surface area contributed by atoms with Gasteiger partial charge in [0.1, 0.15) is 6.10 Å². The van der Waals surface area contributed by atoms with Gasteiger partial charge in [-0.2, -0.15) is 0 Å². The van der Waals surface area contributed by atoms with Crippen LogP contribution >= 0.6 is 0 Å². The first-order valence-corrected chi connectivity index (χ1v) is 7.29. The minimum atomic E-state index is -1.13. The molecule has 0 radical (unpaired) electrons. The summed E-state index contributed by atoms with van der Waals surface area (Å²) in [4.78, 5) is 23.8. The van der Waals surface area contributed by atoms with Crippen LogP contribution in [0.15, 0.2) is 30.3 Å². The summed E-state index contributed by atoms with van der Waals surface area (Å²) in [5.41, 5.74) is 0.561. The third-order valence-corrected chi connectivity index (χ3v) is 3.07. The van der Waals surface area contributed by atoms with Crippen molar-refractivity contribution in [3.8, 4) is 0 Å². The number of rotatable bonds is 8. The highest BCUT2D eigenvalue weighted by molar-refractivity contribution is 5.85. The van der Waals surface area contributed by atoms with Crippen LogP contribution in [0.2, 0.25) is 0 Å². The Labute approximate surface area is 125 Å². The van der Waals surface area contributed by atoms with E-state index in [2.05, 4.69) is 5.32 Å². The standard InChI is InChI=1S/C16H23NO4/c1-3-5-11-13(18)17-14(16(20)21-4-2)15(19)12-9-7-6-8-10-12/h6-10,14-15,19H,3-5,11H2,1-2H3,(H,17,18). The Morgan fingerprint density at radius 1 is 1.24 bits per heavy atom. The van der Waals surface area contributed by atoms with Crippen LogP contribution in [0.3, 0.4) is 0 Å². The zero-order chi connectivity index (χ0) is 15.7. The third-order valence-electron chi connectivity index (χ3n) is 3.07. The van der Waals surface area contributed by atoms with Crippen LogP contribution in [0.1, 0.15) is 44.8 Å². The Kier molecular flexibility index (Phi) is 7.46. The van der Waals surface area contributed by atoms with Crippen molar-refractivity contribution in [2.45, 2.75) is 45.3 Å². The number of nitrogens with one attached hydrogen (secondary N) is 1. The quantitative estimate of drug-likeness (QED) is 0.718. The van der Waals surface area contributed by atoms with Crippen LogP contribution in [-0.4, -0.2) is 29.6 Å². The molecule has 1 aromatic rings. The molecule has 0 fully saturated rings. The fourth-order valence-electron chi connectivity index (χ4n) is 1.92. The number of esters is 1. The Bertz CT molecular complexity index is 447. The van der Waals surface area contributed by atoms with Gasteiger partial charge < -0.3 is 15.2 Å². The first-order valence-electron chi connectivity index (χ1n) is 7.29. The number of benzene rings is 1. The van der Waals surface area contributed by atoms with Gasteiger partial charge >= 0.3 is 5.97 Å². The van der Waals surface area contributed by atoms with Crippen molar-refractivity contribution >= 4 is 11.9 Å². The molecule has 1 amide bonds. The molecular formula is C16H23NO4. The fraction of sp³-hybridized carbons (Fsp3) is 0.500. The predicted molar refractivity (Wildman–Crippen MR) is 79.5 cm³/mol. The Morgan fingerprint density at radius 2 is 1.90 bits per heavy atom. The average molecular weight is 293 g/mol. The number of hydrogen-bond donors (Lipinski definition) is 2. The molecule has 2 N–H and O–H groups in total. The van der Waals surface area contributed by atoms with E-state index in [4.69, 9.17) is 4.74 Å². The highest BCUT2D eigenvalue weighted by Crippen LogP contribution is 2.18. The molecule has 0 saturated heterocycles. The molecule has 0 aliphatic carbocycles. The predicted octanol–water partition coefficient (Wildman–Crippen LogP) is 1.96. The lowest BCUT2D eigenvalue weighted by molar-refractivity contribution is -0.151. The molecule has 0 aliphatic heterocycles. The minimum absolute atomic E-state index is 0.196. The van der Waals surface area contributed by atoms with Gasteiger partial charge in [0.15, 0.2) is 6.04 Å². The molecule has 0 aromatic heterocycles. The van der Waals surface area contributed by atoms with Crippen LogP contribution in [0.4, 0.5) is 0 Å². The van der Waals surface area contributed by atoms with E-state index in [1.54, 1.807) is 31.2 Å². The van der Waals surface area contributed by atoms with Crippen molar-refractivity contribution in [3.63, 3.8) is 0 Å². The normalized spacial score (nSPS) is 13.3. The van der Waals surface area contributed by atoms with E-state index in [1.165, 1.54) is 0 Å². The maximum absolute atomic E-state index is 12.0. The first kappa shape index (κ1) is 17.2. The highest BCUT2D eigenvalue weighted by Gasteiger charge is 2.30. The van der Waals surface area contributed by atoms with Crippen molar-refractivity contribution in [3.05, 3.63) is 35.9 Å². The summed E-state index contributed by atoms with van der Waals surface area (Å²) in [5, 5.41) is 12.9. The number of carbonyl (C=O) groups is 2. The maximum Gasteiger partial charge on any atom is 0.331 e. The highest BCUT2D eigenvalue weighted by atomic mass is 16.5. The van der Waals surface area contributed by atoms with Crippen LogP contribution in [0.5, 0.6) is 0 Å². The van der Waals surface area contributed by atoms with E-state index >= 15 is 0 Å². The maximum atomic E-state index is 12.0. The van der Waals surface area contributed by atoms with Crippen molar-refractivity contribution in [2.75, 3.05) is 6.61 Å². The second kappa shape index (κ2) is 9.13. The summed E-state index contributed by atoms with van der Waals surface area (Å²) in [5.74, 6) is -0.886. The van der Waals surface area contributed by atoms with Crippen LogP contribution < -0.4 is 5.32 Å². The van der Waals surface area contributed by atoms with Gasteiger partial charge in [-0.25, -0.2) is 4.79 Å². The van der Waals surface area contributed by atoms with E-state index in [-0.39, 0.29) is 12.5 Å². The number of hydrogen-bond acceptors (Lipinski definition) is 4. The number of aliphatic hydroxyl groups is 1. The van der Waals surface area contributed by atoms with Gasteiger partial charge in [0, 0.05) is 6.42 Å². The zero-order valence-electron chi connectivity index (χ0n) is 12.5. The van der Waals surface area contributed by atoms with E-state index in [1.807, 2.05) is 13.0 Å². The Hall–Kier alpha value is -1.88. The van der Waals surface area contributed by atoms with E-state index < -0.39 is 18.1 Å². The van der Waals surface area contributed by atoms with Crippen molar-refractivity contribution in [2.24, 2.45) is 0 Å². The summed E-state index contributed by atoms with van der Waals surface area (Å²) >= 11 is 0. The van der Waals surface area contributed by atoms with Gasteiger partial charge in [-0.1, -0.05) is 43.7 Å². The summed E-state index contributed by atoms with van der Waals surface area (Å²) in [6, 6.07) is 7.66. The molecule has 0 heterocycles. The summed E-state index contributed by atoms with van der Waals surface area (Å²) in [6.07, 6.45) is 0.825. The van der Waals surface area contributed by atoms with Crippen molar-refractivity contribution in [1.29, 1.82) is 0 Å². The van der Waals surface area contributed by atoms with Crippen LogP contribution in [0.25, 0.3) is 0 Å². The van der Waals surface area contributed by atoms with Gasteiger partial charge in [-0.05, 0) is 18.9 Å². The van der Waals surface area contributed by atoms with Gasteiger partial charge in [0.25, 0.3) is 0 Å². The second-order valence-electron chi connectivity index (χ2n) is 4.76. The van der Waals surface area contributed by atoms with Crippen molar-refractivity contribution in [1.82, 2.24) is 5.32 Å². The molecule has 1 aromatic carbocycles.